The summed E-state index contributed by atoms with van der Waals surface area (Å²) in [5.41, 5.74) is -0.0171. The van der Waals surface area contributed by atoms with Gasteiger partial charge in [-0.25, -0.2) is 0 Å². The molecule has 1 amide bonds. The lowest BCUT2D eigenvalue weighted by atomic mass is 10.00. The number of amides is 1. The first-order valence-corrected chi connectivity index (χ1v) is 5.96. The highest BCUT2D eigenvalue weighted by atomic mass is 16.2. The van der Waals surface area contributed by atoms with E-state index in [0.717, 1.165) is 19.5 Å². The van der Waals surface area contributed by atoms with Crippen LogP contribution in [-0.4, -0.2) is 47.9 Å². The van der Waals surface area contributed by atoms with E-state index in [4.69, 9.17) is 0 Å². The molecule has 0 spiro atoms. The Kier molecular flexibility index (Phi) is 4.14. The van der Waals surface area contributed by atoms with Gasteiger partial charge in [0.2, 0.25) is 5.91 Å². The molecule has 0 bridgehead atoms. The number of hydrogen-bond donors (Lipinski definition) is 0. The van der Waals surface area contributed by atoms with Crippen molar-refractivity contribution in [2.45, 2.75) is 45.6 Å². The number of carbonyl (C=O) groups excluding carboxylic acids is 1. The quantitative estimate of drug-likeness (QED) is 0.708. The fraction of sp³-hybridized carbons (Fsp3) is 0.917. The molecule has 0 N–H and O–H groups in total. The predicted molar refractivity (Wildman–Crippen MR) is 62.8 cm³/mol. The zero-order chi connectivity index (χ0) is 11.5. The van der Waals surface area contributed by atoms with E-state index in [9.17, 15) is 4.79 Å². The highest BCUT2D eigenvalue weighted by Gasteiger charge is 2.27. The van der Waals surface area contributed by atoms with Gasteiger partial charge in [0.15, 0.2) is 0 Å². The molecule has 3 heteroatoms. The van der Waals surface area contributed by atoms with E-state index < -0.39 is 0 Å². The molecule has 1 aliphatic rings. The number of nitrogens with zero attached hydrogens (tertiary/aromatic N) is 2. The molecule has 0 aromatic carbocycles. The SMILES string of the molecule is CCC(C)(C)N(C)C(=O)CN1CCCC1. The molecular weight excluding hydrogens is 188 g/mol. The summed E-state index contributed by atoms with van der Waals surface area (Å²) in [4.78, 5) is 16.1. The maximum absolute atomic E-state index is 12.0. The number of rotatable bonds is 4. The van der Waals surface area contributed by atoms with Crippen LogP contribution in [0.5, 0.6) is 0 Å². The Balaban J connectivity index is 2.45. The normalized spacial score (nSPS) is 18.1. The van der Waals surface area contributed by atoms with Gasteiger partial charge >= 0.3 is 0 Å². The second-order valence-corrected chi connectivity index (χ2v) is 5.10. The molecule has 3 nitrogen and oxygen atoms in total. The van der Waals surface area contributed by atoms with Crippen molar-refractivity contribution in [3.63, 3.8) is 0 Å². The van der Waals surface area contributed by atoms with Crippen LogP contribution in [0, 0.1) is 0 Å². The zero-order valence-corrected chi connectivity index (χ0v) is 10.5. The molecule has 1 heterocycles. The van der Waals surface area contributed by atoms with E-state index in [1.807, 2.05) is 11.9 Å². The molecule has 0 atom stereocenters. The first kappa shape index (κ1) is 12.5. The van der Waals surface area contributed by atoms with E-state index in [1.54, 1.807) is 0 Å². The Labute approximate surface area is 93.4 Å². The summed E-state index contributed by atoms with van der Waals surface area (Å²) in [5.74, 6) is 0.253. The molecular formula is C12H24N2O. The fourth-order valence-electron chi connectivity index (χ4n) is 1.81. The van der Waals surface area contributed by atoms with Gasteiger partial charge in [-0.1, -0.05) is 6.92 Å². The van der Waals surface area contributed by atoms with Gasteiger partial charge in [-0.15, -0.1) is 0 Å². The van der Waals surface area contributed by atoms with E-state index in [-0.39, 0.29) is 11.4 Å². The van der Waals surface area contributed by atoms with Crippen molar-refractivity contribution >= 4 is 5.91 Å². The molecule has 0 aliphatic carbocycles. The van der Waals surface area contributed by atoms with Crippen molar-refractivity contribution in [3.05, 3.63) is 0 Å². The Bertz CT molecular complexity index is 220. The van der Waals surface area contributed by atoms with Gasteiger partial charge in [-0.2, -0.15) is 0 Å². The summed E-state index contributed by atoms with van der Waals surface area (Å²) in [6, 6.07) is 0. The average Bonchev–Trinajstić information content (AvgIpc) is 2.69. The third kappa shape index (κ3) is 3.20. The summed E-state index contributed by atoms with van der Waals surface area (Å²) in [6.45, 7) is 9.14. The summed E-state index contributed by atoms with van der Waals surface area (Å²) < 4.78 is 0. The van der Waals surface area contributed by atoms with Crippen LogP contribution >= 0.6 is 0 Å². The van der Waals surface area contributed by atoms with Crippen molar-refractivity contribution in [2.75, 3.05) is 26.7 Å². The van der Waals surface area contributed by atoms with Crippen molar-refractivity contribution in [3.8, 4) is 0 Å². The Morgan fingerprint density at radius 3 is 2.33 bits per heavy atom. The molecule has 15 heavy (non-hydrogen) atoms. The molecule has 0 unspecified atom stereocenters. The minimum atomic E-state index is -0.0171. The van der Waals surface area contributed by atoms with Gasteiger partial charge in [-0.05, 0) is 46.2 Å². The van der Waals surface area contributed by atoms with Crippen LogP contribution in [0.2, 0.25) is 0 Å². The number of likely N-dealkylation sites (N-methyl/N-ethyl adjacent to an activating group) is 1. The third-order valence-corrected chi connectivity index (χ3v) is 3.70. The van der Waals surface area contributed by atoms with Crippen LogP contribution in [-0.2, 0) is 4.79 Å². The smallest absolute Gasteiger partial charge is 0.236 e. The molecule has 1 fully saturated rings. The van der Waals surface area contributed by atoms with Crippen LogP contribution in [0.3, 0.4) is 0 Å². The fourth-order valence-corrected chi connectivity index (χ4v) is 1.81. The molecule has 0 aromatic rings. The minimum Gasteiger partial charge on any atom is -0.340 e. The summed E-state index contributed by atoms with van der Waals surface area (Å²) in [6.07, 6.45) is 3.48. The van der Waals surface area contributed by atoms with Crippen molar-refractivity contribution in [2.24, 2.45) is 0 Å². The lowest BCUT2D eigenvalue weighted by Gasteiger charge is -2.35. The van der Waals surface area contributed by atoms with E-state index >= 15 is 0 Å². The summed E-state index contributed by atoms with van der Waals surface area (Å²) in [5, 5.41) is 0. The topological polar surface area (TPSA) is 23.6 Å². The van der Waals surface area contributed by atoms with Gasteiger partial charge < -0.3 is 4.90 Å². The molecule has 88 valence electrons. The van der Waals surface area contributed by atoms with Crippen LogP contribution in [0.4, 0.5) is 0 Å². The molecule has 0 radical (unpaired) electrons. The standard InChI is InChI=1S/C12H24N2O/c1-5-12(2,3)13(4)11(15)10-14-8-6-7-9-14/h5-10H2,1-4H3. The summed E-state index contributed by atoms with van der Waals surface area (Å²) >= 11 is 0. The third-order valence-electron chi connectivity index (χ3n) is 3.70. The maximum Gasteiger partial charge on any atom is 0.236 e. The minimum absolute atomic E-state index is 0.0171. The maximum atomic E-state index is 12.0. The second-order valence-electron chi connectivity index (χ2n) is 5.10. The first-order chi connectivity index (χ1) is 6.97. The molecule has 1 saturated heterocycles. The van der Waals surface area contributed by atoms with Gasteiger partial charge in [0.05, 0.1) is 6.54 Å². The van der Waals surface area contributed by atoms with Gasteiger partial charge in [0.25, 0.3) is 0 Å². The zero-order valence-electron chi connectivity index (χ0n) is 10.5. The summed E-state index contributed by atoms with van der Waals surface area (Å²) in [7, 11) is 1.92. The molecule has 1 aliphatic heterocycles. The van der Waals surface area contributed by atoms with Crippen molar-refractivity contribution < 1.29 is 4.79 Å². The van der Waals surface area contributed by atoms with Crippen molar-refractivity contribution in [1.29, 1.82) is 0 Å². The molecule has 0 saturated carbocycles. The van der Waals surface area contributed by atoms with Crippen LogP contribution in [0.15, 0.2) is 0 Å². The van der Waals surface area contributed by atoms with Crippen LogP contribution in [0.1, 0.15) is 40.0 Å². The lowest BCUT2D eigenvalue weighted by molar-refractivity contribution is -0.135. The highest BCUT2D eigenvalue weighted by molar-refractivity contribution is 5.78. The second kappa shape index (κ2) is 4.97. The van der Waals surface area contributed by atoms with Crippen molar-refractivity contribution in [1.82, 2.24) is 9.80 Å². The van der Waals surface area contributed by atoms with E-state index in [1.165, 1.54) is 12.8 Å². The van der Waals surface area contributed by atoms with Gasteiger partial charge in [-0.3, -0.25) is 9.69 Å². The highest BCUT2D eigenvalue weighted by Crippen LogP contribution is 2.17. The average molecular weight is 212 g/mol. The Morgan fingerprint density at radius 1 is 1.33 bits per heavy atom. The lowest BCUT2D eigenvalue weighted by Crippen LogP contribution is -2.48. The van der Waals surface area contributed by atoms with E-state index in [2.05, 4.69) is 25.7 Å². The van der Waals surface area contributed by atoms with Crippen LogP contribution < -0.4 is 0 Å². The Hall–Kier alpha value is -0.570. The molecule has 0 aromatic heterocycles. The van der Waals surface area contributed by atoms with Gasteiger partial charge in [0, 0.05) is 12.6 Å². The largest absolute Gasteiger partial charge is 0.340 e. The van der Waals surface area contributed by atoms with E-state index in [0.29, 0.717) is 6.54 Å². The molecule has 1 rings (SSSR count). The number of hydrogen-bond acceptors (Lipinski definition) is 2. The monoisotopic (exact) mass is 212 g/mol. The number of likely N-dealkylation sites (tertiary alicyclic amines) is 1. The Morgan fingerprint density at radius 2 is 1.87 bits per heavy atom. The first-order valence-electron chi connectivity index (χ1n) is 5.96. The predicted octanol–water partition coefficient (Wildman–Crippen LogP) is 1.73. The number of carbonyl (C=O) groups is 1. The van der Waals surface area contributed by atoms with Crippen LogP contribution in [0.25, 0.3) is 0 Å². The van der Waals surface area contributed by atoms with Gasteiger partial charge in [0.1, 0.15) is 0 Å².